The molecule has 0 radical (unpaired) electrons. The monoisotopic (exact) mass is 504 g/mol. The number of anilines is 1. The van der Waals surface area contributed by atoms with Gasteiger partial charge in [0.15, 0.2) is 0 Å². The zero-order valence-electron chi connectivity index (χ0n) is 20.9. The largest absolute Gasteiger partial charge is 0.416 e. The van der Waals surface area contributed by atoms with E-state index in [-0.39, 0.29) is 11.6 Å². The Hall–Kier alpha value is -3.71. The molecule has 4 nitrogen and oxygen atoms in total. The number of carbonyl (C=O) groups excluding carboxylic acids is 1. The fourth-order valence-corrected chi connectivity index (χ4v) is 5.17. The van der Waals surface area contributed by atoms with Gasteiger partial charge in [-0.05, 0) is 35.9 Å². The molecular weight excluding hydrogens is 475 g/mol. The number of para-hydroxylation sites is 1. The zero-order chi connectivity index (χ0) is 26.2. The summed E-state index contributed by atoms with van der Waals surface area (Å²) >= 11 is 0. The van der Waals surface area contributed by atoms with Gasteiger partial charge in [-0.3, -0.25) is 4.79 Å². The van der Waals surface area contributed by atoms with Crippen molar-refractivity contribution in [1.29, 1.82) is 0 Å². The Labute approximate surface area is 214 Å². The van der Waals surface area contributed by atoms with Crippen LogP contribution >= 0.6 is 0 Å². The van der Waals surface area contributed by atoms with E-state index in [9.17, 15) is 18.0 Å². The molecule has 1 aromatic heterocycles. The van der Waals surface area contributed by atoms with Crippen LogP contribution in [-0.4, -0.2) is 42.6 Å². The highest BCUT2D eigenvalue weighted by Crippen LogP contribution is 2.34. The maximum atomic E-state index is 13.3. The van der Waals surface area contributed by atoms with Gasteiger partial charge in [0.2, 0.25) is 0 Å². The lowest BCUT2D eigenvalue weighted by atomic mass is 9.99. The van der Waals surface area contributed by atoms with Gasteiger partial charge >= 0.3 is 6.18 Å². The minimum absolute atomic E-state index is 0.230. The highest BCUT2D eigenvalue weighted by molar-refractivity contribution is 6.06. The average molecular weight is 505 g/mol. The normalized spacial score (nSPS) is 15.2. The summed E-state index contributed by atoms with van der Waals surface area (Å²) in [5, 5.41) is 0.747. The third kappa shape index (κ3) is 5.23. The van der Waals surface area contributed by atoms with Crippen molar-refractivity contribution in [1.82, 2.24) is 4.98 Å². The fraction of sp³-hybridized carbons (Fsp3) is 0.267. The number of alkyl halides is 3. The van der Waals surface area contributed by atoms with Crippen LogP contribution in [0.4, 0.5) is 18.9 Å². The van der Waals surface area contributed by atoms with Crippen LogP contribution in [0.5, 0.6) is 0 Å². The molecule has 5 rings (SSSR count). The highest BCUT2D eigenvalue weighted by atomic mass is 19.4. The number of hydrogen-bond donors (Lipinski definition) is 0. The average Bonchev–Trinajstić information content (AvgIpc) is 3.33. The predicted molar refractivity (Wildman–Crippen MR) is 140 cm³/mol. The molecule has 1 amide bonds. The summed E-state index contributed by atoms with van der Waals surface area (Å²) in [6.45, 7) is 3.36. The molecule has 37 heavy (non-hydrogen) atoms. The van der Waals surface area contributed by atoms with Crippen LogP contribution in [0, 0.1) is 0 Å². The van der Waals surface area contributed by atoms with Crippen molar-refractivity contribution >= 4 is 22.5 Å². The molecular formula is C30H29F3N3O+. The van der Waals surface area contributed by atoms with Crippen molar-refractivity contribution in [2.24, 2.45) is 0 Å². The molecule has 0 spiro atoms. The van der Waals surface area contributed by atoms with Crippen LogP contribution in [-0.2, 0) is 12.7 Å². The zero-order valence-corrected chi connectivity index (χ0v) is 20.9. The second-order valence-electron chi connectivity index (χ2n) is 10.1. The number of rotatable bonds is 5. The van der Waals surface area contributed by atoms with Gasteiger partial charge in [0.05, 0.1) is 31.2 Å². The van der Waals surface area contributed by atoms with Gasteiger partial charge in [0.1, 0.15) is 12.2 Å². The van der Waals surface area contributed by atoms with E-state index in [1.807, 2.05) is 18.2 Å². The summed E-state index contributed by atoms with van der Waals surface area (Å²) in [5.74, 6) is -0.285. The lowest BCUT2D eigenvalue weighted by Crippen LogP contribution is -2.39. The Bertz CT molecular complexity index is 1440. The van der Waals surface area contributed by atoms with Gasteiger partial charge in [-0.2, -0.15) is 13.2 Å². The number of pyridine rings is 1. The molecule has 0 saturated carbocycles. The van der Waals surface area contributed by atoms with E-state index in [2.05, 4.69) is 24.2 Å². The van der Waals surface area contributed by atoms with Crippen molar-refractivity contribution in [3.8, 4) is 11.1 Å². The Morgan fingerprint density at radius 1 is 0.946 bits per heavy atom. The van der Waals surface area contributed by atoms with Crippen LogP contribution in [0.2, 0.25) is 0 Å². The molecule has 1 saturated heterocycles. The number of amides is 1. The molecule has 0 bridgehead atoms. The van der Waals surface area contributed by atoms with Gasteiger partial charge < -0.3 is 9.38 Å². The molecule has 0 unspecified atom stereocenters. The Morgan fingerprint density at radius 3 is 2.35 bits per heavy atom. The fourth-order valence-electron chi connectivity index (χ4n) is 5.17. The smallest absolute Gasteiger partial charge is 0.322 e. The molecule has 3 aromatic carbocycles. The quantitative estimate of drug-likeness (QED) is 0.276. The summed E-state index contributed by atoms with van der Waals surface area (Å²) in [5.41, 5.74) is 2.93. The van der Waals surface area contributed by atoms with Crippen LogP contribution in [0.3, 0.4) is 0 Å². The number of hydrogen-bond acceptors (Lipinski definition) is 2. The SMILES string of the molecule is CN(C(=O)c1ccc2cccc(-c3cccc(C(F)(F)F)c3)c2n1)c1ccc(C[N+]2(C)CCCC2)cc1. The lowest BCUT2D eigenvalue weighted by molar-refractivity contribution is -0.910. The Morgan fingerprint density at radius 2 is 1.65 bits per heavy atom. The van der Waals surface area contributed by atoms with Crippen molar-refractivity contribution in [2.75, 3.05) is 32.1 Å². The van der Waals surface area contributed by atoms with Crippen molar-refractivity contribution in [2.45, 2.75) is 25.6 Å². The minimum Gasteiger partial charge on any atom is -0.322 e. The first-order valence-electron chi connectivity index (χ1n) is 12.4. The Balaban J connectivity index is 1.42. The molecule has 1 aliphatic heterocycles. The number of likely N-dealkylation sites (tertiary alicyclic amines) is 1. The maximum Gasteiger partial charge on any atom is 0.416 e. The maximum absolute atomic E-state index is 13.3. The van der Waals surface area contributed by atoms with E-state index < -0.39 is 11.7 Å². The number of fused-ring (bicyclic) bond motifs is 1. The molecule has 7 heteroatoms. The number of nitrogens with zero attached hydrogens (tertiary/aromatic N) is 3. The number of aromatic nitrogens is 1. The third-order valence-electron chi connectivity index (χ3n) is 7.28. The standard InChI is InChI=1S/C30H29F3N3O/c1-35(25-14-11-21(12-15-25)20-36(2)17-3-4-18-36)29(37)27-16-13-22-7-6-10-26(28(22)34-27)23-8-5-9-24(19-23)30(31,32)33/h5-16,19H,3-4,17-18,20H2,1-2H3/q+1. The molecule has 1 fully saturated rings. The van der Waals surface area contributed by atoms with Gasteiger partial charge in [-0.15, -0.1) is 0 Å². The lowest BCUT2D eigenvalue weighted by Gasteiger charge is -2.29. The second-order valence-corrected chi connectivity index (χ2v) is 10.1. The summed E-state index contributed by atoms with van der Waals surface area (Å²) in [6, 6.07) is 22.0. The van der Waals surface area contributed by atoms with Crippen molar-refractivity contribution < 1.29 is 22.4 Å². The van der Waals surface area contributed by atoms with Crippen LogP contribution in [0.25, 0.3) is 22.0 Å². The van der Waals surface area contributed by atoms with Crippen LogP contribution in [0.15, 0.2) is 78.9 Å². The summed E-state index contributed by atoms with van der Waals surface area (Å²) < 4.78 is 40.9. The summed E-state index contributed by atoms with van der Waals surface area (Å²) in [7, 11) is 3.99. The topological polar surface area (TPSA) is 33.2 Å². The molecule has 2 heterocycles. The first-order chi connectivity index (χ1) is 17.6. The first kappa shape index (κ1) is 25.0. The third-order valence-corrected chi connectivity index (χ3v) is 7.28. The number of quaternary nitrogens is 1. The van der Waals surface area contributed by atoms with Gasteiger partial charge in [-0.1, -0.05) is 48.5 Å². The van der Waals surface area contributed by atoms with E-state index in [1.165, 1.54) is 37.6 Å². The Kier molecular flexibility index (Phi) is 6.50. The summed E-state index contributed by atoms with van der Waals surface area (Å²) in [6.07, 6.45) is -1.92. The van der Waals surface area contributed by atoms with E-state index in [1.54, 1.807) is 42.3 Å². The molecule has 190 valence electrons. The summed E-state index contributed by atoms with van der Waals surface area (Å²) in [4.78, 5) is 19.5. The van der Waals surface area contributed by atoms with E-state index in [0.29, 0.717) is 16.6 Å². The second kappa shape index (κ2) is 9.63. The molecule has 0 atom stereocenters. The van der Waals surface area contributed by atoms with Crippen molar-refractivity contribution in [3.63, 3.8) is 0 Å². The van der Waals surface area contributed by atoms with E-state index in [4.69, 9.17) is 0 Å². The highest BCUT2D eigenvalue weighted by Gasteiger charge is 2.31. The number of halogens is 3. The first-order valence-corrected chi connectivity index (χ1v) is 12.4. The minimum atomic E-state index is -4.44. The van der Waals surface area contributed by atoms with Crippen molar-refractivity contribution in [3.05, 3.63) is 95.7 Å². The van der Waals surface area contributed by atoms with Gasteiger partial charge in [-0.25, -0.2) is 4.98 Å². The van der Waals surface area contributed by atoms with E-state index in [0.717, 1.165) is 34.2 Å². The van der Waals surface area contributed by atoms with Gasteiger partial charge in [0, 0.05) is 42.1 Å². The molecule has 4 aromatic rings. The van der Waals surface area contributed by atoms with Crippen LogP contribution in [0.1, 0.15) is 34.5 Å². The number of carbonyl (C=O) groups is 1. The molecule has 1 aliphatic rings. The molecule has 0 N–H and O–H groups in total. The predicted octanol–water partition coefficient (Wildman–Crippen LogP) is 6.94. The molecule has 0 aliphatic carbocycles. The number of benzene rings is 3. The van der Waals surface area contributed by atoms with E-state index >= 15 is 0 Å². The van der Waals surface area contributed by atoms with Crippen LogP contribution < -0.4 is 4.90 Å². The van der Waals surface area contributed by atoms with Gasteiger partial charge in [0.25, 0.3) is 5.91 Å².